The molecule has 118 valence electrons. The second-order valence-electron chi connectivity index (χ2n) is 4.62. The molecular formula is C15H12FN3O3S. The van der Waals surface area contributed by atoms with E-state index in [0.29, 0.717) is 11.3 Å². The lowest BCUT2D eigenvalue weighted by atomic mass is 10.1. The van der Waals surface area contributed by atoms with Gasteiger partial charge < -0.3 is 5.32 Å². The summed E-state index contributed by atoms with van der Waals surface area (Å²) in [6, 6.07) is 9.47. The number of benzene rings is 2. The van der Waals surface area contributed by atoms with E-state index in [1.807, 2.05) is 0 Å². The highest BCUT2D eigenvalue weighted by molar-refractivity contribution is 7.80. The molecule has 6 nitrogen and oxygen atoms in total. The lowest BCUT2D eigenvalue weighted by Crippen LogP contribution is -2.34. The molecule has 1 amide bonds. The maximum absolute atomic E-state index is 12.8. The van der Waals surface area contributed by atoms with Gasteiger partial charge in [0.25, 0.3) is 11.6 Å². The summed E-state index contributed by atoms with van der Waals surface area (Å²) in [6.45, 7) is 1.57. The van der Waals surface area contributed by atoms with Crippen LogP contribution < -0.4 is 10.6 Å². The predicted octanol–water partition coefficient (Wildman–Crippen LogP) is 3.17. The molecule has 0 atom stereocenters. The van der Waals surface area contributed by atoms with Crippen LogP contribution in [-0.2, 0) is 0 Å². The minimum Gasteiger partial charge on any atom is -0.332 e. The summed E-state index contributed by atoms with van der Waals surface area (Å²) in [7, 11) is 0. The van der Waals surface area contributed by atoms with Crippen LogP contribution in [0.2, 0.25) is 0 Å². The van der Waals surface area contributed by atoms with Gasteiger partial charge in [0.05, 0.1) is 16.2 Å². The van der Waals surface area contributed by atoms with Crippen molar-refractivity contribution < 1.29 is 14.1 Å². The van der Waals surface area contributed by atoms with Crippen molar-refractivity contribution in [3.63, 3.8) is 0 Å². The molecule has 8 heteroatoms. The Morgan fingerprint density at radius 2 is 1.87 bits per heavy atom. The van der Waals surface area contributed by atoms with Gasteiger partial charge in [-0.25, -0.2) is 4.39 Å². The van der Waals surface area contributed by atoms with Crippen LogP contribution in [0.25, 0.3) is 0 Å². The van der Waals surface area contributed by atoms with Crippen LogP contribution in [0, 0.1) is 22.9 Å². The molecule has 0 aromatic heterocycles. The van der Waals surface area contributed by atoms with Gasteiger partial charge in [-0.15, -0.1) is 0 Å². The Morgan fingerprint density at radius 3 is 2.48 bits per heavy atom. The molecule has 0 aliphatic rings. The highest BCUT2D eigenvalue weighted by Crippen LogP contribution is 2.24. The van der Waals surface area contributed by atoms with Crippen molar-refractivity contribution in [3.8, 4) is 0 Å². The number of hydrogen-bond donors (Lipinski definition) is 2. The molecule has 0 fully saturated rings. The average molecular weight is 333 g/mol. The number of carbonyl (C=O) groups is 1. The fourth-order valence-electron chi connectivity index (χ4n) is 1.89. The molecule has 0 aliphatic carbocycles. The second kappa shape index (κ2) is 6.93. The summed E-state index contributed by atoms with van der Waals surface area (Å²) in [5, 5.41) is 16.1. The molecule has 0 radical (unpaired) electrons. The van der Waals surface area contributed by atoms with E-state index >= 15 is 0 Å². The zero-order valence-electron chi connectivity index (χ0n) is 12.0. The number of hydrogen-bond acceptors (Lipinski definition) is 4. The Kier molecular flexibility index (Phi) is 4.97. The number of amides is 1. The third-order valence-electron chi connectivity index (χ3n) is 3.08. The summed E-state index contributed by atoms with van der Waals surface area (Å²) in [5.41, 5.74) is 1.01. The second-order valence-corrected chi connectivity index (χ2v) is 5.03. The molecule has 0 heterocycles. The first kappa shape index (κ1) is 16.5. The third kappa shape index (κ3) is 4.07. The maximum Gasteiger partial charge on any atom is 0.274 e. The van der Waals surface area contributed by atoms with Crippen molar-refractivity contribution in [1.29, 1.82) is 0 Å². The van der Waals surface area contributed by atoms with Crippen LogP contribution in [-0.4, -0.2) is 15.9 Å². The summed E-state index contributed by atoms with van der Waals surface area (Å²) in [5.74, 6) is -0.958. The van der Waals surface area contributed by atoms with Gasteiger partial charge in [0.1, 0.15) is 5.82 Å². The zero-order valence-corrected chi connectivity index (χ0v) is 12.8. The molecule has 0 saturated heterocycles. The van der Waals surface area contributed by atoms with Crippen molar-refractivity contribution in [2.24, 2.45) is 0 Å². The molecule has 2 rings (SSSR count). The van der Waals surface area contributed by atoms with Gasteiger partial charge >= 0.3 is 0 Å². The molecular weight excluding hydrogens is 321 g/mol. The Hall–Kier alpha value is -2.87. The fourth-order valence-corrected chi connectivity index (χ4v) is 2.09. The number of anilines is 1. The van der Waals surface area contributed by atoms with Gasteiger partial charge in [-0.05, 0) is 49.5 Å². The smallest absolute Gasteiger partial charge is 0.274 e. The molecule has 0 unspecified atom stereocenters. The summed E-state index contributed by atoms with van der Waals surface area (Å²) < 4.78 is 12.8. The standard InChI is InChI=1S/C15H12FN3O3S/c1-9-12(3-2-4-13(9)19(21)22)17-15(23)18-14(20)10-5-7-11(16)8-6-10/h2-8H,1H3,(H2,17,18,20,23). The highest BCUT2D eigenvalue weighted by atomic mass is 32.1. The van der Waals surface area contributed by atoms with Gasteiger partial charge in [-0.3, -0.25) is 20.2 Å². The summed E-state index contributed by atoms with van der Waals surface area (Å²) >= 11 is 5.02. The Labute approximate surface area is 136 Å². The first-order valence-corrected chi connectivity index (χ1v) is 6.91. The Bertz CT molecular complexity index is 778. The van der Waals surface area contributed by atoms with Crippen molar-refractivity contribution in [3.05, 3.63) is 69.5 Å². The van der Waals surface area contributed by atoms with Gasteiger partial charge in [0.15, 0.2) is 5.11 Å². The van der Waals surface area contributed by atoms with E-state index in [2.05, 4.69) is 10.6 Å². The topological polar surface area (TPSA) is 84.3 Å². The number of carbonyl (C=O) groups excluding carboxylic acids is 1. The van der Waals surface area contributed by atoms with Crippen LogP contribution in [0.3, 0.4) is 0 Å². The Morgan fingerprint density at radius 1 is 1.22 bits per heavy atom. The van der Waals surface area contributed by atoms with E-state index in [-0.39, 0.29) is 16.4 Å². The number of nitrogens with one attached hydrogen (secondary N) is 2. The molecule has 0 saturated carbocycles. The SMILES string of the molecule is Cc1c(NC(=S)NC(=O)c2ccc(F)cc2)cccc1[N+](=O)[O-]. The summed E-state index contributed by atoms with van der Waals surface area (Å²) in [4.78, 5) is 22.3. The lowest BCUT2D eigenvalue weighted by molar-refractivity contribution is -0.385. The van der Waals surface area contributed by atoms with E-state index in [4.69, 9.17) is 12.2 Å². The van der Waals surface area contributed by atoms with E-state index in [1.165, 1.54) is 24.3 Å². The normalized spacial score (nSPS) is 10.0. The fraction of sp³-hybridized carbons (Fsp3) is 0.0667. The molecule has 2 N–H and O–H groups in total. The van der Waals surface area contributed by atoms with Gasteiger partial charge in [-0.1, -0.05) is 6.07 Å². The van der Waals surface area contributed by atoms with Crippen molar-refractivity contribution in [2.75, 3.05) is 5.32 Å². The van der Waals surface area contributed by atoms with E-state index < -0.39 is 16.6 Å². The number of nitro groups is 1. The van der Waals surface area contributed by atoms with E-state index in [0.717, 1.165) is 12.1 Å². The van der Waals surface area contributed by atoms with Gasteiger partial charge in [0.2, 0.25) is 0 Å². The third-order valence-corrected chi connectivity index (χ3v) is 3.29. The first-order chi connectivity index (χ1) is 10.9. The molecule has 23 heavy (non-hydrogen) atoms. The summed E-state index contributed by atoms with van der Waals surface area (Å²) in [6.07, 6.45) is 0. The van der Waals surface area contributed by atoms with Crippen LogP contribution in [0.5, 0.6) is 0 Å². The van der Waals surface area contributed by atoms with Crippen molar-refractivity contribution >= 4 is 34.6 Å². The van der Waals surface area contributed by atoms with Crippen molar-refractivity contribution in [2.45, 2.75) is 6.92 Å². The lowest BCUT2D eigenvalue weighted by Gasteiger charge is -2.11. The Balaban J connectivity index is 2.08. The molecule has 0 aliphatic heterocycles. The zero-order chi connectivity index (χ0) is 17.0. The number of thiocarbonyl (C=S) groups is 1. The van der Waals surface area contributed by atoms with Crippen molar-refractivity contribution in [1.82, 2.24) is 5.32 Å². The molecule has 2 aromatic rings. The van der Waals surface area contributed by atoms with Crippen LogP contribution in [0.15, 0.2) is 42.5 Å². The van der Waals surface area contributed by atoms with Gasteiger partial charge in [-0.2, -0.15) is 0 Å². The molecule has 0 bridgehead atoms. The largest absolute Gasteiger partial charge is 0.332 e. The molecule has 0 spiro atoms. The first-order valence-electron chi connectivity index (χ1n) is 6.50. The van der Waals surface area contributed by atoms with Crippen LogP contribution >= 0.6 is 12.2 Å². The number of nitro benzene ring substituents is 1. The highest BCUT2D eigenvalue weighted by Gasteiger charge is 2.14. The van der Waals surface area contributed by atoms with Crippen LogP contribution in [0.4, 0.5) is 15.8 Å². The van der Waals surface area contributed by atoms with Gasteiger partial charge in [0, 0.05) is 11.6 Å². The van der Waals surface area contributed by atoms with E-state index in [1.54, 1.807) is 13.0 Å². The van der Waals surface area contributed by atoms with Crippen LogP contribution in [0.1, 0.15) is 15.9 Å². The van der Waals surface area contributed by atoms with E-state index in [9.17, 15) is 19.3 Å². The monoisotopic (exact) mass is 333 g/mol. The average Bonchev–Trinajstić information content (AvgIpc) is 2.49. The molecule has 2 aromatic carbocycles. The number of halogens is 1. The number of rotatable bonds is 3. The minimum absolute atomic E-state index is 0.0112. The quantitative estimate of drug-likeness (QED) is 0.512. The maximum atomic E-state index is 12.8. The minimum atomic E-state index is -0.509. The predicted molar refractivity (Wildman–Crippen MR) is 87.9 cm³/mol. The number of nitrogens with zero attached hydrogens (tertiary/aromatic N) is 1.